The Bertz CT molecular complexity index is 1330. The van der Waals surface area contributed by atoms with E-state index in [0.717, 1.165) is 48.3 Å². The summed E-state index contributed by atoms with van der Waals surface area (Å²) in [6.45, 7) is 3.05. The van der Waals surface area contributed by atoms with E-state index in [1.54, 1.807) is 0 Å². The van der Waals surface area contributed by atoms with Gasteiger partial charge in [0.25, 0.3) is 5.91 Å². The first-order valence-corrected chi connectivity index (χ1v) is 12.8. The number of pyridine rings is 1. The zero-order valence-electron chi connectivity index (χ0n) is 19.1. The largest absolute Gasteiger partial charge is 0.397 e. The molecule has 2 aromatic carbocycles. The number of benzene rings is 2. The highest BCUT2D eigenvalue weighted by atomic mass is 32.1. The first-order chi connectivity index (χ1) is 16.7. The molecule has 6 rings (SSSR count). The molecule has 5 nitrogen and oxygen atoms in total. The van der Waals surface area contributed by atoms with Crippen LogP contribution in [-0.4, -0.2) is 42.0 Å². The molecule has 2 aromatic heterocycles. The summed E-state index contributed by atoms with van der Waals surface area (Å²) in [6.07, 6.45) is 3.05. The Hall–Kier alpha value is -3.38. The number of para-hydroxylation sites is 1. The predicted molar refractivity (Wildman–Crippen MR) is 140 cm³/mol. The van der Waals surface area contributed by atoms with Crippen LogP contribution in [0.1, 0.15) is 38.8 Å². The van der Waals surface area contributed by atoms with E-state index in [4.69, 9.17) is 10.7 Å². The number of amides is 1. The molecule has 172 valence electrons. The fourth-order valence-corrected chi connectivity index (χ4v) is 6.37. The van der Waals surface area contributed by atoms with Gasteiger partial charge >= 0.3 is 0 Å². The number of carbonyl (C=O) groups is 1. The third kappa shape index (κ3) is 3.82. The van der Waals surface area contributed by atoms with E-state index < -0.39 is 0 Å². The van der Waals surface area contributed by atoms with Crippen LogP contribution in [0.3, 0.4) is 0 Å². The fourth-order valence-electron chi connectivity index (χ4n) is 5.31. The summed E-state index contributed by atoms with van der Waals surface area (Å²) in [7, 11) is 0. The smallest absolute Gasteiger partial charge is 0.266 e. The molecule has 4 aromatic rings. The maximum Gasteiger partial charge on any atom is 0.266 e. The number of carbonyl (C=O) groups excluding carboxylic acids is 1. The van der Waals surface area contributed by atoms with Crippen molar-refractivity contribution in [2.75, 3.05) is 36.8 Å². The number of nitrogen functional groups attached to an aromatic ring is 1. The summed E-state index contributed by atoms with van der Waals surface area (Å²) >= 11 is 1.45. The van der Waals surface area contributed by atoms with Gasteiger partial charge in [-0.3, -0.25) is 4.79 Å². The highest BCUT2D eigenvalue weighted by molar-refractivity contribution is 7.21. The molecule has 1 saturated heterocycles. The molecule has 0 spiro atoms. The van der Waals surface area contributed by atoms with Gasteiger partial charge in [-0.1, -0.05) is 48.5 Å². The number of rotatable bonds is 3. The van der Waals surface area contributed by atoms with Crippen LogP contribution in [0.5, 0.6) is 0 Å². The van der Waals surface area contributed by atoms with E-state index in [1.807, 2.05) is 11.0 Å². The highest BCUT2D eigenvalue weighted by Gasteiger charge is 2.28. The Morgan fingerprint density at radius 2 is 1.68 bits per heavy atom. The number of aryl methyl sites for hydroxylation is 1. The van der Waals surface area contributed by atoms with Crippen LogP contribution >= 0.6 is 11.3 Å². The topological polar surface area (TPSA) is 62.5 Å². The summed E-state index contributed by atoms with van der Waals surface area (Å²) < 4.78 is 0. The SMILES string of the molecule is Nc1c(C(=O)N2CCN(c3ccccc3)CC2)sc2nc3c(cc12)CC(c1ccccc1)CC3. The van der Waals surface area contributed by atoms with Gasteiger partial charge in [0.15, 0.2) is 0 Å². The Balaban J connectivity index is 1.22. The van der Waals surface area contributed by atoms with Crippen molar-refractivity contribution in [2.45, 2.75) is 25.2 Å². The van der Waals surface area contributed by atoms with Crippen LogP contribution < -0.4 is 10.6 Å². The van der Waals surface area contributed by atoms with Crippen LogP contribution in [0.2, 0.25) is 0 Å². The third-order valence-corrected chi connectivity index (χ3v) is 8.34. The lowest BCUT2D eigenvalue weighted by Crippen LogP contribution is -2.48. The predicted octanol–water partition coefficient (Wildman–Crippen LogP) is 5.11. The van der Waals surface area contributed by atoms with E-state index >= 15 is 0 Å². The molecule has 3 heterocycles. The Labute approximate surface area is 203 Å². The lowest BCUT2D eigenvalue weighted by atomic mass is 9.82. The molecule has 6 heteroatoms. The van der Waals surface area contributed by atoms with E-state index in [-0.39, 0.29) is 5.91 Å². The summed E-state index contributed by atoms with van der Waals surface area (Å²) in [5, 5.41) is 0.934. The number of hydrogen-bond acceptors (Lipinski definition) is 5. The second kappa shape index (κ2) is 8.76. The molecular formula is C28H28N4OS. The molecule has 2 aliphatic rings. The fraction of sp³-hybridized carbons (Fsp3) is 0.286. The van der Waals surface area contributed by atoms with Crippen molar-refractivity contribution in [1.29, 1.82) is 0 Å². The second-order valence-corrected chi connectivity index (χ2v) is 10.3. The molecule has 1 aliphatic heterocycles. The lowest BCUT2D eigenvalue weighted by molar-refractivity contribution is 0.0752. The van der Waals surface area contributed by atoms with Gasteiger partial charge in [-0.15, -0.1) is 11.3 Å². The lowest BCUT2D eigenvalue weighted by Gasteiger charge is -2.36. The minimum atomic E-state index is 0.0355. The molecule has 0 bridgehead atoms. The van der Waals surface area contributed by atoms with E-state index in [0.29, 0.717) is 29.6 Å². The third-order valence-electron chi connectivity index (χ3n) is 7.24. The molecule has 2 N–H and O–H groups in total. The number of aromatic nitrogens is 1. The molecule has 34 heavy (non-hydrogen) atoms. The Morgan fingerprint density at radius 1 is 0.971 bits per heavy atom. The monoisotopic (exact) mass is 468 g/mol. The number of anilines is 2. The van der Waals surface area contributed by atoms with Crippen molar-refractivity contribution in [2.24, 2.45) is 0 Å². The second-order valence-electron chi connectivity index (χ2n) is 9.26. The van der Waals surface area contributed by atoms with Gasteiger partial charge in [-0.25, -0.2) is 4.98 Å². The van der Waals surface area contributed by atoms with Crippen LogP contribution in [0.25, 0.3) is 10.2 Å². The first kappa shape index (κ1) is 21.2. The van der Waals surface area contributed by atoms with E-state index in [1.165, 1.54) is 28.2 Å². The summed E-state index contributed by atoms with van der Waals surface area (Å²) in [5.41, 5.74) is 12.2. The van der Waals surface area contributed by atoms with Crippen LogP contribution in [0.4, 0.5) is 11.4 Å². The van der Waals surface area contributed by atoms with Gasteiger partial charge in [-0.2, -0.15) is 0 Å². The minimum absolute atomic E-state index is 0.0355. The van der Waals surface area contributed by atoms with Gasteiger partial charge in [0.05, 0.1) is 5.69 Å². The standard InChI is InChI=1S/C28H28N4OS/c29-25-23-18-21-17-20(19-7-3-1-4-8-19)11-12-24(21)30-27(23)34-26(25)28(33)32-15-13-31(14-16-32)22-9-5-2-6-10-22/h1-10,18,20H,11-17,29H2. The molecule has 1 aliphatic carbocycles. The minimum Gasteiger partial charge on any atom is -0.397 e. The maximum absolute atomic E-state index is 13.4. The molecule has 1 atom stereocenters. The van der Waals surface area contributed by atoms with Crippen LogP contribution in [-0.2, 0) is 12.8 Å². The van der Waals surface area contributed by atoms with E-state index in [2.05, 4.69) is 65.6 Å². The average Bonchev–Trinajstić information content (AvgIpc) is 3.23. The number of thiophene rings is 1. The molecule has 1 unspecified atom stereocenters. The number of nitrogens with zero attached hydrogens (tertiary/aromatic N) is 3. The zero-order chi connectivity index (χ0) is 23.1. The van der Waals surface area contributed by atoms with Crippen molar-refractivity contribution < 1.29 is 4.79 Å². The van der Waals surface area contributed by atoms with Gasteiger partial charge in [-0.05, 0) is 54.5 Å². The van der Waals surface area contributed by atoms with Gasteiger partial charge in [0, 0.05) is 42.9 Å². The zero-order valence-corrected chi connectivity index (χ0v) is 19.9. The molecular weight excluding hydrogens is 440 g/mol. The highest BCUT2D eigenvalue weighted by Crippen LogP contribution is 2.39. The van der Waals surface area contributed by atoms with Gasteiger partial charge < -0.3 is 15.5 Å². The van der Waals surface area contributed by atoms with Crippen LogP contribution in [0, 0.1) is 0 Å². The maximum atomic E-state index is 13.4. The van der Waals surface area contributed by atoms with E-state index in [9.17, 15) is 4.79 Å². The molecule has 1 amide bonds. The Morgan fingerprint density at radius 3 is 2.41 bits per heavy atom. The van der Waals surface area contributed by atoms with Crippen molar-refractivity contribution in [3.8, 4) is 0 Å². The van der Waals surface area contributed by atoms with Gasteiger partial charge in [0.2, 0.25) is 0 Å². The number of fused-ring (bicyclic) bond motifs is 2. The Kier molecular flexibility index (Phi) is 5.46. The number of piperazine rings is 1. The van der Waals surface area contributed by atoms with Crippen molar-refractivity contribution >= 4 is 38.8 Å². The average molecular weight is 469 g/mol. The summed E-state index contributed by atoms with van der Waals surface area (Å²) in [6, 6.07) is 23.3. The molecule has 0 radical (unpaired) electrons. The summed E-state index contributed by atoms with van der Waals surface area (Å²) in [5.74, 6) is 0.545. The number of nitrogens with two attached hydrogens (primary N) is 1. The molecule has 1 fully saturated rings. The van der Waals surface area contributed by atoms with Crippen molar-refractivity contribution in [1.82, 2.24) is 9.88 Å². The quantitative estimate of drug-likeness (QED) is 0.454. The first-order valence-electron chi connectivity index (χ1n) is 12.0. The van der Waals surface area contributed by atoms with Crippen LogP contribution in [0.15, 0.2) is 66.7 Å². The molecule has 0 saturated carbocycles. The normalized spacial score (nSPS) is 18.2. The van der Waals surface area contributed by atoms with Crippen molar-refractivity contribution in [3.05, 3.63) is 88.4 Å². The van der Waals surface area contributed by atoms with Crippen molar-refractivity contribution in [3.63, 3.8) is 0 Å². The number of hydrogen-bond donors (Lipinski definition) is 1. The summed E-state index contributed by atoms with van der Waals surface area (Å²) in [4.78, 5) is 24.2. The van der Waals surface area contributed by atoms with Gasteiger partial charge in [0.1, 0.15) is 9.71 Å².